The number of ether oxygens (including phenoxy) is 2. The Kier molecular flexibility index (Phi) is 10.5. The van der Waals surface area contributed by atoms with Gasteiger partial charge in [-0.2, -0.15) is 0 Å². The number of benzene rings is 1. The van der Waals surface area contributed by atoms with E-state index < -0.39 is 0 Å². The van der Waals surface area contributed by atoms with Crippen LogP contribution in [0.3, 0.4) is 0 Å². The normalized spacial score (nSPS) is 13.4. The molecule has 0 saturated carbocycles. The summed E-state index contributed by atoms with van der Waals surface area (Å²) in [6.07, 6.45) is 6.44. The van der Waals surface area contributed by atoms with Crippen LogP contribution in [-0.4, -0.2) is 55.3 Å². The summed E-state index contributed by atoms with van der Waals surface area (Å²) in [7, 11) is 1.41. The van der Waals surface area contributed by atoms with Crippen LogP contribution in [0.2, 0.25) is 0 Å². The minimum Gasteiger partial charge on any atom is -0.465 e. The number of thiophene rings is 1. The first-order valence-corrected chi connectivity index (χ1v) is 13.5. The summed E-state index contributed by atoms with van der Waals surface area (Å²) in [5.41, 5.74) is 2.91. The fourth-order valence-corrected chi connectivity index (χ4v) is 5.74. The highest BCUT2D eigenvalue weighted by molar-refractivity contribution is 7.80. The van der Waals surface area contributed by atoms with Gasteiger partial charge in [0.25, 0.3) is 0 Å². The van der Waals surface area contributed by atoms with E-state index in [9.17, 15) is 9.59 Å². The molecule has 1 aliphatic rings. The van der Waals surface area contributed by atoms with E-state index in [0.717, 1.165) is 61.6 Å². The van der Waals surface area contributed by atoms with Crippen molar-refractivity contribution in [1.29, 1.82) is 0 Å². The number of anilines is 2. The van der Waals surface area contributed by atoms with Crippen molar-refractivity contribution in [3.05, 3.63) is 45.8 Å². The molecule has 0 aliphatic heterocycles. The van der Waals surface area contributed by atoms with Crippen LogP contribution in [0.4, 0.5) is 10.7 Å². The van der Waals surface area contributed by atoms with Crippen LogP contribution < -0.4 is 10.6 Å². The molecule has 2 aromatic rings. The smallest absolute Gasteiger partial charge is 0.341 e. The van der Waals surface area contributed by atoms with Gasteiger partial charge in [-0.1, -0.05) is 26.7 Å². The average Bonchev–Trinajstić information content (AvgIpc) is 3.17. The third-order valence-corrected chi connectivity index (χ3v) is 7.61. The monoisotopic (exact) mass is 517 g/mol. The standard InChI is InChI=1S/C26H35N3O4S2/c1-4-29(5-2)16-17-33-24(30)18-12-14-19(15-13-18)27-26(34)28-23-22(25(31)32-3)20-10-8-6-7-9-11-21(20)35-23/h12-15H,4-11,16-17H2,1-3H3,(H2,27,28,34). The lowest BCUT2D eigenvalue weighted by molar-refractivity contribution is 0.0466. The van der Waals surface area contributed by atoms with E-state index in [-0.39, 0.29) is 11.9 Å². The fraction of sp³-hybridized carbons (Fsp3) is 0.500. The van der Waals surface area contributed by atoms with Gasteiger partial charge in [-0.3, -0.25) is 0 Å². The van der Waals surface area contributed by atoms with Crippen molar-refractivity contribution in [3.8, 4) is 0 Å². The molecule has 0 radical (unpaired) electrons. The number of carbonyl (C=O) groups is 2. The number of thiocarbonyl (C=S) groups is 1. The Hall–Kier alpha value is -2.49. The van der Waals surface area contributed by atoms with Crippen molar-refractivity contribution >= 4 is 51.3 Å². The predicted molar refractivity (Wildman–Crippen MR) is 146 cm³/mol. The zero-order chi connectivity index (χ0) is 25.2. The minimum atomic E-state index is -0.344. The molecule has 0 saturated heterocycles. The van der Waals surface area contributed by atoms with Crippen LogP contribution in [0.5, 0.6) is 0 Å². The van der Waals surface area contributed by atoms with E-state index in [0.29, 0.717) is 22.8 Å². The van der Waals surface area contributed by atoms with Crippen molar-refractivity contribution < 1.29 is 19.1 Å². The van der Waals surface area contributed by atoms with Crippen molar-refractivity contribution in [2.45, 2.75) is 52.4 Å². The lowest BCUT2D eigenvalue weighted by Gasteiger charge is -2.17. The summed E-state index contributed by atoms with van der Waals surface area (Å²) in [5.74, 6) is -0.680. The molecule has 0 spiro atoms. The first kappa shape index (κ1) is 27.1. The predicted octanol–water partition coefficient (Wildman–Crippen LogP) is 5.50. The van der Waals surface area contributed by atoms with Gasteiger partial charge < -0.3 is 25.0 Å². The first-order valence-electron chi connectivity index (χ1n) is 12.3. The molecule has 0 fully saturated rings. The largest absolute Gasteiger partial charge is 0.465 e. The SMILES string of the molecule is CCN(CC)CCOC(=O)c1ccc(NC(=S)Nc2sc3c(c2C(=O)OC)CCCCCC3)cc1. The fourth-order valence-electron chi connectivity index (χ4n) is 4.17. The Morgan fingerprint density at radius 2 is 1.69 bits per heavy atom. The van der Waals surface area contributed by atoms with Crippen LogP contribution in [0.25, 0.3) is 0 Å². The molecular formula is C26H35N3O4S2. The number of likely N-dealkylation sites (N-methyl/N-ethyl adjacent to an activating group) is 1. The van der Waals surface area contributed by atoms with Gasteiger partial charge in [0.1, 0.15) is 11.6 Å². The molecule has 3 rings (SSSR count). The van der Waals surface area contributed by atoms with E-state index in [1.54, 1.807) is 35.6 Å². The second-order valence-electron chi connectivity index (χ2n) is 8.43. The van der Waals surface area contributed by atoms with Gasteiger partial charge in [-0.25, -0.2) is 9.59 Å². The highest BCUT2D eigenvalue weighted by Crippen LogP contribution is 2.37. The van der Waals surface area contributed by atoms with E-state index in [1.807, 2.05) is 0 Å². The molecule has 2 N–H and O–H groups in total. The second kappa shape index (κ2) is 13.6. The molecule has 1 aliphatic carbocycles. The Morgan fingerprint density at radius 3 is 2.34 bits per heavy atom. The summed E-state index contributed by atoms with van der Waals surface area (Å²) in [5, 5.41) is 7.43. The molecular weight excluding hydrogens is 482 g/mol. The van der Waals surface area contributed by atoms with Crippen molar-refractivity contribution in [1.82, 2.24) is 4.90 Å². The number of rotatable bonds is 9. The van der Waals surface area contributed by atoms with Crippen LogP contribution >= 0.6 is 23.6 Å². The number of hydrogen-bond acceptors (Lipinski definition) is 7. The lowest BCUT2D eigenvalue weighted by atomic mass is 9.96. The summed E-state index contributed by atoms with van der Waals surface area (Å²) in [4.78, 5) is 28.3. The van der Waals surface area contributed by atoms with Crippen LogP contribution in [-0.2, 0) is 22.3 Å². The van der Waals surface area contributed by atoms with Crippen molar-refractivity contribution in [2.75, 3.05) is 44.0 Å². The van der Waals surface area contributed by atoms with E-state index in [4.69, 9.17) is 21.7 Å². The summed E-state index contributed by atoms with van der Waals surface area (Å²) < 4.78 is 10.5. The van der Waals surface area contributed by atoms with Gasteiger partial charge >= 0.3 is 11.9 Å². The Morgan fingerprint density at radius 1 is 1.00 bits per heavy atom. The number of hydrogen-bond donors (Lipinski definition) is 2. The number of methoxy groups -OCH3 is 1. The van der Waals surface area contributed by atoms with Gasteiger partial charge in [-0.15, -0.1) is 11.3 Å². The molecule has 0 atom stereocenters. The van der Waals surface area contributed by atoms with E-state index >= 15 is 0 Å². The minimum absolute atomic E-state index is 0.336. The van der Waals surface area contributed by atoms with E-state index in [2.05, 4.69) is 29.4 Å². The van der Waals surface area contributed by atoms with Crippen LogP contribution in [0.15, 0.2) is 24.3 Å². The molecule has 0 unspecified atom stereocenters. The van der Waals surface area contributed by atoms with Gasteiger partial charge in [0.05, 0.1) is 18.2 Å². The van der Waals surface area contributed by atoms with E-state index in [1.165, 1.54) is 24.8 Å². The molecule has 0 amide bonds. The number of nitrogens with one attached hydrogen (secondary N) is 2. The highest BCUT2D eigenvalue weighted by Gasteiger charge is 2.25. The maximum absolute atomic E-state index is 12.6. The Labute approximate surface area is 217 Å². The number of fused-ring (bicyclic) bond motifs is 1. The molecule has 1 aromatic carbocycles. The Bertz CT molecular complexity index is 1020. The highest BCUT2D eigenvalue weighted by atomic mass is 32.1. The molecule has 190 valence electrons. The summed E-state index contributed by atoms with van der Waals surface area (Å²) in [6, 6.07) is 6.98. The van der Waals surface area contributed by atoms with Crippen LogP contribution in [0.1, 0.15) is 70.7 Å². The second-order valence-corrected chi connectivity index (χ2v) is 9.95. The average molecular weight is 518 g/mol. The maximum atomic E-state index is 12.6. The molecule has 35 heavy (non-hydrogen) atoms. The molecule has 9 heteroatoms. The third-order valence-electron chi connectivity index (χ3n) is 6.20. The summed E-state index contributed by atoms with van der Waals surface area (Å²) >= 11 is 7.10. The van der Waals surface area contributed by atoms with Crippen molar-refractivity contribution in [3.63, 3.8) is 0 Å². The lowest BCUT2D eigenvalue weighted by Crippen LogP contribution is -2.27. The van der Waals surface area contributed by atoms with Gasteiger partial charge in [0.15, 0.2) is 5.11 Å². The molecule has 1 aromatic heterocycles. The van der Waals surface area contributed by atoms with Gasteiger partial charge in [0, 0.05) is 17.1 Å². The number of esters is 2. The van der Waals surface area contributed by atoms with Gasteiger partial charge in [-0.05, 0) is 80.8 Å². The number of carbonyl (C=O) groups excluding carboxylic acids is 2. The topological polar surface area (TPSA) is 79.9 Å². The quantitative estimate of drug-likeness (QED) is 0.333. The summed E-state index contributed by atoms with van der Waals surface area (Å²) in [6.45, 7) is 7.11. The first-order chi connectivity index (χ1) is 17.0. The van der Waals surface area contributed by atoms with Crippen LogP contribution in [0, 0.1) is 0 Å². The van der Waals surface area contributed by atoms with Crippen molar-refractivity contribution in [2.24, 2.45) is 0 Å². The zero-order valence-electron chi connectivity index (χ0n) is 20.8. The Balaban J connectivity index is 1.62. The molecule has 7 nitrogen and oxygen atoms in total. The number of aryl methyl sites for hydroxylation is 1. The number of nitrogens with zero attached hydrogens (tertiary/aromatic N) is 1. The van der Waals surface area contributed by atoms with Gasteiger partial charge in [0.2, 0.25) is 0 Å². The molecule has 1 heterocycles. The molecule has 0 bridgehead atoms. The maximum Gasteiger partial charge on any atom is 0.341 e. The zero-order valence-corrected chi connectivity index (χ0v) is 22.4. The third kappa shape index (κ3) is 7.49.